The summed E-state index contributed by atoms with van der Waals surface area (Å²) in [6, 6.07) is 12.3. The van der Waals surface area contributed by atoms with E-state index in [1.807, 2.05) is 6.92 Å². The van der Waals surface area contributed by atoms with Crippen LogP contribution in [0.2, 0.25) is 0 Å². The number of anilines is 1. The molecule has 2 N–H and O–H groups in total. The molecule has 28 heavy (non-hydrogen) atoms. The van der Waals surface area contributed by atoms with Gasteiger partial charge < -0.3 is 20.1 Å². The van der Waals surface area contributed by atoms with Gasteiger partial charge in [-0.2, -0.15) is 0 Å². The zero-order valence-corrected chi connectivity index (χ0v) is 15.9. The largest absolute Gasteiger partial charge is 0.493 e. The molecule has 0 aromatic heterocycles. The Morgan fingerprint density at radius 3 is 2.61 bits per heavy atom. The highest BCUT2D eigenvalue weighted by molar-refractivity contribution is 5.97. The van der Waals surface area contributed by atoms with Crippen LogP contribution in [0.4, 0.5) is 10.1 Å². The van der Waals surface area contributed by atoms with E-state index < -0.39 is 0 Å². The summed E-state index contributed by atoms with van der Waals surface area (Å²) < 4.78 is 23.5. The predicted octanol–water partition coefficient (Wildman–Crippen LogP) is 3.39. The Hall–Kier alpha value is -2.93. The highest BCUT2D eigenvalue weighted by Gasteiger charge is 2.08. The van der Waals surface area contributed by atoms with Crippen molar-refractivity contribution in [2.45, 2.75) is 19.8 Å². The number of nitrogens with one attached hydrogen (secondary N) is 2. The zero-order valence-electron chi connectivity index (χ0n) is 15.9. The molecule has 0 saturated carbocycles. The average molecular weight is 388 g/mol. The molecule has 0 radical (unpaired) electrons. The van der Waals surface area contributed by atoms with E-state index in [4.69, 9.17) is 9.47 Å². The molecule has 0 aliphatic heterocycles. The van der Waals surface area contributed by atoms with E-state index in [0.717, 1.165) is 6.42 Å². The van der Waals surface area contributed by atoms with Gasteiger partial charge in [0.15, 0.2) is 0 Å². The number of benzene rings is 2. The second-order valence-corrected chi connectivity index (χ2v) is 5.99. The smallest absolute Gasteiger partial charge is 0.251 e. The van der Waals surface area contributed by atoms with E-state index >= 15 is 0 Å². The van der Waals surface area contributed by atoms with Gasteiger partial charge in [-0.25, -0.2) is 4.39 Å². The molecule has 0 spiro atoms. The summed E-state index contributed by atoms with van der Waals surface area (Å²) in [6.07, 6.45) is 0.870. The second-order valence-electron chi connectivity index (χ2n) is 5.99. The minimum Gasteiger partial charge on any atom is -0.493 e. The lowest BCUT2D eigenvalue weighted by atomic mass is 10.2. The number of amides is 2. The minimum atomic E-state index is -0.344. The van der Waals surface area contributed by atoms with Gasteiger partial charge >= 0.3 is 0 Å². The van der Waals surface area contributed by atoms with Gasteiger partial charge in [0.2, 0.25) is 5.91 Å². The molecular formula is C21H25FN2O4. The molecule has 0 fully saturated rings. The van der Waals surface area contributed by atoms with E-state index in [9.17, 15) is 14.0 Å². The fourth-order valence-electron chi connectivity index (χ4n) is 2.38. The molecule has 2 aromatic rings. The Morgan fingerprint density at radius 2 is 1.86 bits per heavy atom. The van der Waals surface area contributed by atoms with Crippen molar-refractivity contribution in [2.75, 3.05) is 31.7 Å². The van der Waals surface area contributed by atoms with Crippen molar-refractivity contribution in [2.24, 2.45) is 0 Å². The summed E-state index contributed by atoms with van der Waals surface area (Å²) in [5.74, 6) is -0.288. The first-order chi connectivity index (χ1) is 13.6. The number of rotatable bonds is 11. The van der Waals surface area contributed by atoms with Crippen molar-refractivity contribution in [1.29, 1.82) is 0 Å². The van der Waals surface area contributed by atoms with E-state index in [2.05, 4.69) is 10.6 Å². The third kappa shape index (κ3) is 7.75. The molecule has 0 aliphatic carbocycles. The monoisotopic (exact) mass is 388 g/mol. The molecule has 0 atom stereocenters. The lowest BCUT2D eigenvalue weighted by Crippen LogP contribution is -2.25. The van der Waals surface area contributed by atoms with Crippen LogP contribution in [-0.2, 0) is 9.53 Å². The molecule has 0 unspecified atom stereocenters. The maximum atomic E-state index is 12.8. The van der Waals surface area contributed by atoms with Crippen LogP contribution in [0.3, 0.4) is 0 Å². The molecule has 150 valence electrons. The SMILES string of the molecule is CCOCCCNC(=O)c1cccc(NC(=O)CCOc2ccc(F)cc2)c1. The minimum absolute atomic E-state index is 0.130. The first kappa shape index (κ1) is 21.4. The molecule has 2 aromatic carbocycles. The Labute approximate surface area is 164 Å². The van der Waals surface area contributed by atoms with Gasteiger partial charge in [0.05, 0.1) is 13.0 Å². The van der Waals surface area contributed by atoms with Crippen molar-refractivity contribution in [3.8, 4) is 5.75 Å². The fraction of sp³-hybridized carbons (Fsp3) is 0.333. The predicted molar refractivity (Wildman–Crippen MR) is 105 cm³/mol. The lowest BCUT2D eigenvalue weighted by molar-refractivity contribution is -0.116. The Morgan fingerprint density at radius 1 is 1.07 bits per heavy atom. The van der Waals surface area contributed by atoms with Crippen LogP contribution in [0.1, 0.15) is 30.1 Å². The molecule has 0 bridgehead atoms. The van der Waals surface area contributed by atoms with E-state index in [0.29, 0.717) is 36.8 Å². The molecule has 2 rings (SSSR count). The topological polar surface area (TPSA) is 76.7 Å². The summed E-state index contributed by atoms with van der Waals surface area (Å²) >= 11 is 0. The molecule has 7 heteroatoms. The van der Waals surface area contributed by atoms with Gasteiger partial charge in [-0.15, -0.1) is 0 Å². The first-order valence-corrected chi connectivity index (χ1v) is 9.22. The maximum absolute atomic E-state index is 12.8. The van der Waals surface area contributed by atoms with Gasteiger partial charge in [-0.1, -0.05) is 6.07 Å². The zero-order chi connectivity index (χ0) is 20.2. The number of halogens is 1. The van der Waals surface area contributed by atoms with Crippen molar-refractivity contribution < 1.29 is 23.5 Å². The summed E-state index contributed by atoms with van der Waals surface area (Å²) in [5, 5.41) is 5.55. The van der Waals surface area contributed by atoms with Gasteiger partial charge in [-0.3, -0.25) is 9.59 Å². The van der Waals surface area contributed by atoms with Gasteiger partial charge in [0, 0.05) is 31.0 Å². The van der Waals surface area contributed by atoms with Crippen LogP contribution in [0.15, 0.2) is 48.5 Å². The Balaban J connectivity index is 1.75. The fourth-order valence-corrected chi connectivity index (χ4v) is 2.38. The second kappa shape index (κ2) is 11.7. The normalized spacial score (nSPS) is 10.4. The van der Waals surface area contributed by atoms with E-state index in [-0.39, 0.29) is 30.7 Å². The molecular weight excluding hydrogens is 363 g/mol. The third-order valence-corrected chi connectivity index (χ3v) is 3.78. The lowest BCUT2D eigenvalue weighted by Gasteiger charge is -2.09. The highest BCUT2D eigenvalue weighted by atomic mass is 19.1. The quantitative estimate of drug-likeness (QED) is 0.579. The van der Waals surface area contributed by atoms with Crippen LogP contribution in [-0.4, -0.2) is 38.2 Å². The number of hydrogen-bond acceptors (Lipinski definition) is 4. The van der Waals surface area contributed by atoms with Crippen LogP contribution in [0.5, 0.6) is 5.75 Å². The Kier molecular flexibility index (Phi) is 8.94. The molecule has 0 saturated heterocycles. The number of hydrogen-bond donors (Lipinski definition) is 2. The third-order valence-electron chi connectivity index (χ3n) is 3.78. The summed E-state index contributed by atoms with van der Waals surface area (Å²) in [7, 11) is 0. The van der Waals surface area contributed by atoms with Crippen molar-refractivity contribution in [3.63, 3.8) is 0 Å². The molecule has 0 heterocycles. The summed E-state index contributed by atoms with van der Waals surface area (Å²) in [5.41, 5.74) is 1.01. The molecule has 0 aliphatic rings. The van der Waals surface area contributed by atoms with E-state index in [1.54, 1.807) is 24.3 Å². The molecule has 2 amide bonds. The summed E-state index contributed by atoms with van der Waals surface area (Å²) in [4.78, 5) is 24.2. The van der Waals surface area contributed by atoms with Crippen LogP contribution >= 0.6 is 0 Å². The van der Waals surface area contributed by atoms with Gasteiger partial charge in [-0.05, 0) is 55.8 Å². The van der Waals surface area contributed by atoms with Crippen molar-refractivity contribution in [1.82, 2.24) is 5.32 Å². The van der Waals surface area contributed by atoms with Gasteiger partial charge in [0.25, 0.3) is 5.91 Å². The first-order valence-electron chi connectivity index (χ1n) is 9.22. The number of carbonyl (C=O) groups is 2. The molecule has 6 nitrogen and oxygen atoms in total. The number of carbonyl (C=O) groups excluding carboxylic acids is 2. The van der Waals surface area contributed by atoms with Crippen LogP contribution < -0.4 is 15.4 Å². The highest BCUT2D eigenvalue weighted by Crippen LogP contribution is 2.13. The van der Waals surface area contributed by atoms with Crippen molar-refractivity contribution >= 4 is 17.5 Å². The standard InChI is InChI=1S/C21H25FN2O4/c1-2-27-13-4-12-23-21(26)16-5-3-6-18(15-16)24-20(25)11-14-28-19-9-7-17(22)8-10-19/h3,5-10,15H,2,4,11-14H2,1H3,(H,23,26)(H,24,25). The van der Waals surface area contributed by atoms with Crippen LogP contribution in [0, 0.1) is 5.82 Å². The summed E-state index contributed by atoms with van der Waals surface area (Å²) in [6.45, 7) is 3.87. The van der Waals surface area contributed by atoms with Crippen LogP contribution in [0.25, 0.3) is 0 Å². The van der Waals surface area contributed by atoms with Crippen molar-refractivity contribution in [3.05, 3.63) is 59.9 Å². The number of ether oxygens (including phenoxy) is 2. The van der Waals surface area contributed by atoms with Gasteiger partial charge in [0.1, 0.15) is 11.6 Å². The maximum Gasteiger partial charge on any atom is 0.251 e. The average Bonchev–Trinajstić information content (AvgIpc) is 2.69. The van der Waals surface area contributed by atoms with E-state index in [1.165, 1.54) is 24.3 Å². The Bertz CT molecular complexity index is 765.